The Morgan fingerprint density at radius 1 is 1.15 bits per heavy atom. The van der Waals surface area contributed by atoms with Crippen LogP contribution in [0.15, 0.2) is 36.5 Å². The van der Waals surface area contributed by atoms with Crippen LogP contribution in [0.1, 0.15) is 16.8 Å². The predicted molar refractivity (Wildman–Crippen MR) is 103 cm³/mol. The monoisotopic (exact) mass is 358 g/mol. The van der Waals surface area contributed by atoms with Crippen LogP contribution in [0.3, 0.4) is 0 Å². The summed E-state index contributed by atoms with van der Waals surface area (Å²) < 4.78 is 10.5. The van der Waals surface area contributed by atoms with Gasteiger partial charge in [-0.25, -0.2) is 4.98 Å². The van der Waals surface area contributed by atoms with Gasteiger partial charge in [0.15, 0.2) is 0 Å². The fraction of sp³-hybridized carbons (Fsp3) is 0.368. The number of anilines is 2. The number of carbonyl (C=O) groups excluding carboxylic acids is 1. The highest BCUT2D eigenvalue weighted by atomic mass is 16.5. The van der Waals surface area contributed by atoms with E-state index in [0.29, 0.717) is 22.7 Å². The van der Waals surface area contributed by atoms with Crippen molar-refractivity contribution >= 4 is 17.4 Å². The van der Waals surface area contributed by atoms with Crippen molar-refractivity contribution in [2.75, 3.05) is 52.0 Å². The van der Waals surface area contributed by atoms with Crippen molar-refractivity contribution in [2.24, 2.45) is 0 Å². The van der Waals surface area contributed by atoms with Gasteiger partial charge < -0.3 is 25.0 Å². The van der Waals surface area contributed by atoms with E-state index in [1.807, 2.05) is 14.1 Å². The zero-order valence-electron chi connectivity index (χ0n) is 15.7. The lowest BCUT2D eigenvalue weighted by molar-refractivity contribution is 0.102. The van der Waals surface area contributed by atoms with E-state index in [2.05, 4.69) is 20.5 Å². The number of rotatable bonds is 9. The van der Waals surface area contributed by atoms with Crippen molar-refractivity contribution in [3.8, 4) is 11.5 Å². The number of amides is 1. The van der Waals surface area contributed by atoms with E-state index in [-0.39, 0.29) is 5.91 Å². The Hall–Kier alpha value is -2.80. The average Bonchev–Trinajstić information content (AvgIpc) is 2.65. The molecule has 1 aromatic heterocycles. The largest absolute Gasteiger partial charge is 0.497 e. The van der Waals surface area contributed by atoms with Gasteiger partial charge in [-0.2, -0.15) is 0 Å². The fourth-order valence-corrected chi connectivity index (χ4v) is 2.35. The molecule has 2 rings (SSSR count). The van der Waals surface area contributed by atoms with Crippen LogP contribution in [0.5, 0.6) is 11.5 Å². The van der Waals surface area contributed by atoms with E-state index < -0.39 is 0 Å². The minimum atomic E-state index is -0.261. The first-order valence-corrected chi connectivity index (χ1v) is 8.41. The molecule has 0 saturated carbocycles. The van der Waals surface area contributed by atoms with Gasteiger partial charge in [-0.05, 0) is 51.3 Å². The van der Waals surface area contributed by atoms with Crippen LogP contribution < -0.4 is 20.1 Å². The number of carbonyl (C=O) groups is 1. The molecular formula is C19H26N4O3. The molecule has 2 N–H and O–H groups in total. The molecule has 1 amide bonds. The number of ether oxygens (including phenoxy) is 2. The van der Waals surface area contributed by atoms with Crippen molar-refractivity contribution in [1.29, 1.82) is 0 Å². The molecular weight excluding hydrogens is 332 g/mol. The molecule has 0 saturated heterocycles. The quantitative estimate of drug-likeness (QED) is 0.671. The van der Waals surface area contributed by atoms with Crippen LogP contribution >= 0.6 is 0 Å². The van der Waals surface area contributed by atoms with Crippen molar-refractivity contribution in [2.45, 2.75) is 6.42 Å². The molecule has 26 heavy (non-hydrogen) atoms. The van der Waals surface area contributed by atoms with Gasteiger partial charge in [0.1, 0.15) is 17.3 Å². The Morgan fingerprint density at radius 3 is 2.58 bits per heavy atom. The summed E-state index contributed by atoms with van der Waals surface area (Å²) in [6.07, 6.45) is 2.57. The van der Waals surface area contributed by atoms with Crippen LogP contribution in [-0.4, -0.2) is 57.2 Å². The number of pyridine rings is 1. The molecule has 140 valence electrons. The third-order valence-corrected chi connectivity index (χ3v) is 3.77. The Balaban J connectivity index is 1.97. The van der Waals surface area contributed by atoms with E-state index in [1.165, 1.54) is 0 Å². The van der Waals surface area contributed by atoms with Crippen LogP contribution in [0.4, 0.5) is 11.5 Å². The van der Waals surface area contributed by atoms with Crippen LogP contribution in [0, 0.1) is 0 Å². The maximum Gasteiger partial charge on any atom is 0.257 e. The summed E-state index contributed by atoms with van der Waals surface area (Å²) in [5.74, 6) is 1.69. The van der Waals surface area contributed by atoms with Gasteiger partial charge in [0.2, 0.25) is 0 Å². The lowest BCUT2D eigenvalue weighted by Gasteiger charge is -2.12. The highest BCUT2D eigenvalue weighted by Gasteiger charge is 2.11. The number of nitrogens with one attached hydrogen (secondary N) is 2. The number of hydrogen-bond donors (Lipinski definition) is 2. The Kier molecular flexibility index (Phi) is 7.23. The third-order valence-electron chi connectivity index (χ3n) is 3.77. The summed E-state index contributed by atoms with van der Waals surface area (Å²) in [6, 6.07) is 8.77. The second-order valence-corrected chi connectivity index (χ2v) is 6.04. The first kappa shape index (κ1) is 19.5. The molecule has 0 radical (unpaired) electrons. The Morgan fingerprint density at radius 2 is 1.96 bits per heavy atom. The second-order valence-electron chi connectivity index (χ2n) is 6.04. The van der Waals surface area contributed by atoms with E-state index >= 15 is 0 Å². The smallest absolute Gasteiger partial charge is 0.257 e. The van der Waals surface area contributed by atoms with Crippen LogP contribution in [0.2, 0.25) is 0 Å². The molecule has 7 heteroatoms. The zero-order chi connectivity index (χ0) is 18.9. The maximum absolute atomic E-state index is 12.5. The highest BCUT2D eigenvalue weighted by Crippen LogP contribution is 2.29. The lowest BCUT2D eigenvalue weighted by atomic mass is 10.2. The molecule has 0 bridgehead atoms. The molecule has 0 unspecified atom stereocenters. The van der Waals surface area contributed by atoms with Crippen molar-refractivity contribution in [1.82, 2.24) is 9.88 Å². The topological polar surface area (TPSA) is 75.7 Å². The maximum atomic E-state index is 12.5. The molecule has 0 fully saturated rings. The SMILES string of the molecule is COc1ccc(OC)c(NC(=O)c2ccc(NCCCN(C)C)nc2)c1. The summed E-state index contributed by atoms with van der Waals surface area (Å²) in [7, 11) is 7.21. The summed E-state index contributed by atoms with van der Waals surface area (Å²) in [5.41, 5.74) is 1.01. The normalized spacial score (nSPS) is 10.5. The number of nitrogens with zero attached hydrogens (tertiary/aromatic N) is 2. The molecule has 0 aliphatic rings. The summed E-state index contributed by atoms with van der Waals surface area (Å²) >= 11 is 0. The van der Waals surface area contributed by atoms with Gasteiger partial charge in [-0.1, -0.05) is 0 Å². The van der Waals surface area contributed by atoms with Crippen LogP contribution in [-0.2, 0) is 0 Å². The second kappa shape index (κ2) is 9.62. The first-order chi connectivity index (χ1) is 12.5. The van der Waals surface area contributed by atoms with E-state index in [4.69, 9.17) is 9.47 Å². The molecule has 0 aliphatic heterocycles. The van der Waals surface area contributed by atoms with Crippen LogP contribution in [0.25, 0.3) is 0 Å². The van der Waals surface area contributed by atoms with E-state index in [0.717, 1.165) is 25.3 Å². The van der Waals surface area contributed by atoms with Gasteiger partial charge in [-0.15, -0.1) is 0 Å². The minimum absolute atomic E-state index is 0.261. The van der Waals surface area contributed by atoms with Crippen molar-refractivity contribution in [3.63, 3.8) is 0 Å². The molecule has 7 nitrogen and oxygen atoms in total. The standard InChI is InChI=1S/C19H26N4O3/c1-23(2)11-5-10-20-18-9-6-14(13-21-18)19(24)22-16-12-15(25-3)7-8-17(16)26-4/h6-9,12-13H,5,10-11H2,1-4H3,(H,20,21)(H,22,24). The Labute approximate surface area is 154 Å². The molecule has 0 aliphatic carbocycles. The molecule has 0 atom stereocenters. The highest BCUT2D eigenvalue weighted by molar-refractivity contribution is 6.05. The van der Waals surface area contributed by atoms with E-state index in [9.17, 15) is 4.79 Å². The molecule has 2 aromatic rings. The average molecular weight is 358 g/mol. The third kappa shape index (κ3) is 5.63. The number of methoxy groups -OCH3 is 2. The summed E-state index contributed by atoms with van der Waals surface area (Å²) in [5, 5.41) is 6.07. The zero-order valence-corrected chi connectivity index (χ0v) is 15.7. The fourth-order valence-electron chi connectivity index (χ4n) is 2.35. The summed E-state index contributed by atoms with van der Waals surface area (Å²) in [4.78, 5) is 18.9. The van der Waals surface area contributed by atoms with Gasteiger partial charge in [0.05, 0.1) is 25.5 Å². The summed E-state index contributed by atoms with van der Waals surface area (Å²) in [6.45, 7) is 1.84. The van der Waals surface area contributed by atoms with Gasteiger partial charge in [0, 0.05) is 18.8 Å². The van der Waals surface area contributed by atoms with E-state index in [1.54, 1.807) is 50.7 Å². The predicted octanol–water partition coefficient (Wildman–Crippen LogP) is 2.71. The first-order valence-electron chi connectivity index (χ1n) is 8.41. The Bertz CT molecular complexity index is 717. The number of hydrogen-bond acceptors (Lipinski definition) is 6. The van der Waals surface area contributed by atoms with Gasteiger partial charge in [0.25, 0.3) is 5.91 Å². The van der Waals surface area contributed by atoms with Gasteiger partial charge >= 0.3 is 0 Å². The van der Waals surface area contributed by atoms with Crippen molar-refractivity contribution < 1.29 is 14.3 Å². The lowest BCUT2D eigenvalue weighted by Crippen LogP contribution is -2.17. The minimum Gasteiger partial charge on any atom is -0.497 e. The molecule has 1 aromatic carbocycles. The molecule has 1 heterocycles. The van der Waals surface area contributed by atoms with Crippen molar-refractivity contribution in [3.05, 3.63) is 42.1 Å². The number of benzene rings is 1. The van der Waals surface area contributed by atoms with Gasteiger partial charge in [-0.3, -0.25) is 4.79 Å². The number of aromatic nitrogens is 1. The molecule has 0 spiro atoms.